The van der Waals surface area contributed by atoms with Crippen LogP contribution in [-0.2, 0) is 16.0 Å². The van der Waals surface area contributed by atoms with Crippen molar-refractivity contribution in [1.82, 2.24) is 0 Å². The van der Waals surface area contributed by atoms with Gasteiger partial charge >= 0.3 is 41.9 Å². The molecule has 0 spiro atoms. The lowest BCUT2D eigenvalue weighted by molar-refractivity contribution is -0.466. The average Bonchev–Trinajstić information content (AvgIpc) is 2.69. The maximum absolute atomic E-state index is 14.1. The number of hydrogen-bond donors (Lipinski definition) is 0. The summed E-state index contributed by atoms with van der Waals surface area (Å²) in [5.74, 6) is -18.1. The summed E-state index contributed by atoms with van der Waals surface area (Å²) in [6.07, 6.45) is -22.3. The smallest absolute Gasteiger partial charge is 0.460 e. The van der Waals surface area contributed by atoms with Crippen LogP contribution in [0, 0.1) is 5.41 Å². The number of rotatable bonds is 9. The SMILES string of the molecule is CCC(C)(C)C(=O)OCCc1ccc(OC(C(F)(F)F)(C(F)(F)F)C(F)(F)C(F)(F)C(F)(F)F)cc1. The number of halogens is 13. The summed E-state index contributed by atoms with van der Waals surface area (Å²) in [7, 11) is 0. The van der Waals surface area contributed by atoms with Gasteiger partial charge in [0.05, 0.1) is 12.0 Å². The first kappa shape index (κ1) is 31.6. The van der Waals surface area contributed by atoms with Crippen molar-refractivity contribution in [3.05, 3.63) is 29.8 Å². The maximum Gasteiger partial charge on any atom is 0.460 e. The van der Waals surface area contributed by atoms with Crippen molar-refractivity contribution in [1.29, 1.82) is 0 Å². The Labute approximate surface area is 195 Å². The molecule has 0 aromatic heterocycles. The molecule has 16 heteroatoms. The fraction of sp³-hybridized carbons (Fsp3) is 0.650. The summed E-state index contributed by atoms with van der Waals surface area (Å²) in [4.78, 5) is 11.9. The van der Waals surface area contributed by atoms with Crippen LogP contribution in [0.3, 0.4) is 0 Å². The molecule has 0 saturated carbocycles. The number of carbonyl (C=O) groups is 1. The van der Waals surface area contributed by atoms with Gasteiger partial charge in [-0.15, -0.1) is 0 Å². The average molecular weight is 554 g/mol. The van der Waals surface area contributed by atoms with Gasteiger partial charge in [0.25, 0.3) is 0 Å². The van der Waals surface area contributed by atoms with E-state index >= 15 is 0 Å². The Balaban J connectivity index is 3.38. The van der Waals surface area contributed by atoms with E-state index in [1.54, 1.807) is 20.8 Å². The third-order valence-electron chi connectivity index (χ3n) is 5.25. The molecule has 0 amide bonds. The van der Waals surface area contributed by atoms with Crippen LogP contribution in [0.1, 0.15) is 32.8 Å². The van der Waals surface area contributed by atoms with Crippen molar-refractivity contribution in [3.8, 4) is 5.75 Å². The van der Waals surface area contributed by atoms with E-state index in [0.29, 0.717) is 18.6 Å². The van der Waals surface area contributed by atoms with Crippen LogP contribution in [0.2, 0.25) is 0 Å². The molecule has 0 atom stereocenters. The Morgan fingerprint density at radius 2 is 1.17 bits per heavy atom. The molecule has 0 N–H and O–H groups in total. The summed E-state index contributed by atoms with van der Waals surface area (Å²) in [6, 6.07) is 1.87. The fourth-order valence-corrected chi connectivity index (χ4v) is 2.60. The first-order chi connectivity index (χ1) is 15.9. The van der Waals surface area contributed by atoms with Crippen LogP contribution in [0.25, 0.3) is 0 Å². The van der Waals surface area contributed by atoms with Crippen molar-refractivity contribution < 1.29 is 71.3 Å². The van der Waals surface area contributed by atoms with E-state index in [0.717, 1.165) is 0 Å². The highest BCUT2D eigenvalue weighted by Gasteiger charge is 2.94. The van der Waals surface area contributed by atoms with Crippen LogP contribution in [-0.4, -0.2) is 48.6 Å². The lowest BCUT2D eigenvalue weighted by atomic mass is 9.88. The van der Waals surface area contributed by atoms with Gasteiger partial charge < -0.3 is 9.47 Å². The maximum atomic E-state index is 14.1. The van der Waals surface area contributed by atoms with Crippen LogP contribution in [0.15, 0.2) is 24.3 Å². The lowest BCUT2D eigenvalue weighted by Gasteiger charge is -2.44. The summed E-state index contributed by atoms with van der Waals surface area (Å²) in [6.45, 7) is 4.50. The number of hydrogen-bond acceptors (Lipinski definition) is 3. The Morgan fingerprint density at radius 1 is 0.722 bits per heavy atom. The zero-order valence-electron chi connectivity index (χ0n) is 18.6. The van der Waals surface area contributed by atoms with Gasteiger partial charge in [-0.25, -0.2) is 0 Å². The van der Waals surface area contributed by atoms with Crippen molar-refractivity contribution in [2.24, 2.45) is 5.41 Å². The molecule has 0 heterocycles. The Bertz CT molecular complexity index is 883. The second-order valence-electron chi connectivity index (χ2n) is 8.19. The van der Waals surface area contributed by atoms with Gasteiger partial charge in [-0.2, -0.15) is 57.1 Å². The zero-order chi connectivity index (χ0) is 28.6. The Morgan fingerprint density at radius 3 is 1.53 bits per heavy atom. The molecule has 0 saturated heterocycles. The van der Waals surface area contributed by atoms with E-state index in [1.807, 2.05) is 0 Å². The highest BCUT2D eigenvalue weighted by molar-refractivity contribution is 5.75. The third kappa shape index (κ3) is 5.61. The largest absolute Gasteiger partial charge is 0.465 e. The highest BCUT2D eigenvalue weighted by Crippen LogP contribution is 2.61. The molecule has 36 heavy (non-hydrogen) atoms. The zero-order valence-corrected chi connectivity index (χ0v) is 18.6. The van der Waals surface area contributed by atoms with Crippen LogP contribution in [0.5, 0.6) is 5.75 Å². The molecule has 0 fully saturated rings. The summed E-state index contributed by atoms with van der Waals surface area (Å²) in [5, 5.41) is 0. The van der Waals surface area contributed by atoms with Crippen molar-refractivity contribution in [2.45, 2.75) is 69.6 Å². The normalized spacial score (nSPS) is 14.6. The lowest BCUT2D eigenvalue weighted by Crippen LogP contribution is -2.77. The van der Waals surface area contributed by atoms with Crippen molar-refractivity contribution in [2.75, 3.05) is 6.61 Å². The van der Waals surface area contributed by atoms with E-state index in [9.17, 15) is 61.9 Å². The van der Waals surface area contributed by atoms with E-state index in [1.165, 1.54) is 0 Å². The monoisotopic (exact) mass is 554 g/mol. The molecule has 0 aliphatic heterocycles. The van der Waals surface area contributed by atoms with Crippen LogP contribution < -0.4 is 4.74 Å². The first-order valence-corrected chi connectivity index (χ1v) is 9.80. The molecule has 1 rings (SSSR count). The molecule has 0 bridgehead atoms. The van der Waals surface area contributed by atoms with Crippen LogP contribution >= 0.6 is 0 Å². The Kier molecular flexibility index (Phi) is 8.61. The van der Waals surface area contributed by atoms with E-state index in [2.05, 4.69) is 4.74 Å². The fourth-order valence-electron chi connectivity index (χ4n) is 2.60. The highest BCUT2D eigenvalue weighted by atomic mass is 19.4. The molecular weight excluding hydrogens is 535 g/mol. The van der Waals surface area contributed by atoms with Crippen molar-refractivity contribution in [3.63, 3.8) is 0 Å². The summed E-state index contributed by atoms with van der Waals surface area (Å²) >= 11 is 0. The standard InChI is InChI=1S/C20H19F13O3/c1-4-14(2,3)13(34)35-10-9-11-5-7-12(8-6-11)36-15(18(25,26)27,19(28,29)30)16(21,22)17(23,24)20(31,32)33/h5-8H,4,9-10H2,1-3H3. The minimum Gasteiger partial charge on any atom is -0.465 e. The number of ether oxygens (including phenoxy) is 2. The predicted octanol–water partition coefficient (Wildman–Crippen LogP) is 7.28. The number of alkyl halides is 13. The van der Waals surface area contributed by atoms with Gasteiger partial charge in [0, 0.05) is 6.42 Å². The quantitative estimate of drug-likeness (QED) is 0.238. The van der Waals surface area contributed by atoms with Gasteiger partial charge in [0.1, 0.15) is 5.75 Å². The van der Waals surface area contributed by atoms with E-state index < -0.39 is 53.1 Å². The minimum atomic E-state index is -7.90. The Hall–Kier alpha value is -2.42. The number of benzene rings is 1. The molecule has 3 nitrogen and oxygen atoms in total. The molecule has 208 valence electrons. The molecular formula is C20H19F13O3. The molecule has 1 aromatic carbocycles. The molecule has 1 aromatic rings. The molecule has 0 radical (unpaired) electrons. The number of carbonyl (C=O) groups excluding carboxylic acids is 1. The first-order valence-electron chi connectivity index (χ1n) is 9.80. The topological polar surface area (TPSA) is 35.5 Å². The van der Waals surface area contributed by atoms with E-state index in [4.69, 9.17) is 4.74 Å². The van der Waals surface area contributed by atoms with E-state index in [-0.39, 0.29) is 30.7 Å². The minimum absolute atomic E-state index is 0.0569. The molecule has 0 aliphatic rings. The second kappa shape index (κ2) is 9.80. The van der Waals surface area contributed by atoms with Crippen molar-refractivity contribution >= 4 is 5.97 Å². The third-order valence-corrected chi connectivity index (χ3v) is 5.25. The summed E-state index contributed by atoms with van der Waals surface area (Å²) in [5.41, 5.74) is -8.09. The summed E-state index contributed by atoms with van der Waals surface area (Å²) < 4.78 is 180. The van der Waals surface area contributed by atoms with Gasteiger partial charge in [-0.05, 0) is 38.0 Å². The van der Waals surface area contributed by atoms with Gasteiger partial charge in [-0.3, -0.25) is 4.79 Å². The molecule has 0 aliphatic carbocycles. The van der Waals surface area contributed by atoms with Crippen LogP contribution in [0.4, 0.5) is 57.1 Å². The predicted molar refractivity (Wildman–Crippen MR) is 96.6 cm³/mol. The van der Waals surface area contributed by atoms with Gasteiger partial charge in [0.15, 0.2) is 0 Å². The number of esters is 1. The van der Waals surface area contributed by atoms with Gasteiger partial charge in [-0.1, -0.05) is 19.1 Å². The van der Waals surface area contributed by atoms with Gasteiger partial charge in [0.2, 0.25) is 0 Å². The second-order valence-corrected chi connectivity index (χ2v) is 8.19. The molecule has 0 unspecified atom stereocenters.